The third-order valence-corrected chi connectivity index (χ3v) is 3.35. The van der Waals surface area contributed by atoms with Crippen LogP contribution in [0.1, 0.15) is 46.0 Å². The lowest BCUT2D eigenvalue weighted by molar-refractivity contribution is 0.157. The maximum absolute atomic E-state index is 9.45. The first-order valence-corrected chi connectivity index (χ1v) is 6.67. The molecule has 1 aliphatic carbocycles. The fourth-order valence-electron chi connectivity index (χ4n) is 2.15. The molecule has 1 saturated carbocycles. The average Bonchev–Trinajstić information content (AvgIpc) is 3.02. The van der Waals surface area contributed by atoms with E-state index in [1.165, 1.54) is 25.8 Å². The SMILES string of the molecule is CCCN(C)CCCC(C)(CO)NC1CC1. The summed E-state index contributed by atoms with van der Waals surface area (Å²) in [4.78, 5) is 2.37. The van der Waals surface area contributed by atoms with Gasteiger partial charge in [-0.2, -0.15) is 0 Å². The molecular weight excluding hydrogens is 200 g/mol. The molecule has 1 atom stereocenters. The summed E-state index contributed by atoms with van der Waals surface area (Å²) in [6, 6.07) is 0.672. The van der Waals surface area contributed by atoms with Crippen LogP contribution in [-0.4, -0.2) is 48.3 Å². The first-order chi connectivity index (χ1) is 7.59. The van der Waals surface area contributed by atoms with Crippen molar-refractivity contribution >= 4 is 0 Å². The van der Waals surface area contributed by atoms with Gasteiger partial charge in [0.05, 0.1) is 6.61 Å². The molecule has 0 bridgehead atoms. The Labute approximate surface area is 100 Å². The second-order valence-electron chi connectivity index (χ2n) is 5.54. The van der Waals surface area contributed by atoms with Gasteiger partial charge < -0.3 is 15.3 Å². The Hall–Kier alpha value is -0.120. The number of aliphatic hydroxyl groups excluding tert-OH is 1. The first kappa shape index (κ1) is 13.9. The second-order valence-corrected chi connectivity index (χ2v) is 5.54. The summed E-state index contributed by atoms with van der Waals surface area (Å²) in [6.45, 7) is 6.91. The van der Waals surface area contributed by atoms with Gasteiger partial charge in [-0.15, -0.1) is 0 Å². The van der Waals surface area contributed by atoms with Crippen molar-refractivity contribution in [1.82, 2.24) is 10.2 Å². The second kappa shape index (κ2) is 6.58. The Kier molecular flexibility index (Phi) is 5.73. The van der Waals surface area contributed by atoms with Crippen LogP contribution in [0.25, 0.3) is 0 Å². The number of nitrogens with one attached hydrogen (secondary N) is 1. The maximum atomic E-state index is 9.45. The van der Waals surface area contributed by atoms with Crippen molar-refractivity contribution in [3.63, 3.8) is 0 Å². The average molecular weight is 228 g/mol. The van der Waals surface area contributed by atoms with E-state index >= 15 is 0 Å². The molecule has 0 heterocycles. The number of hydrogen-bond acceptors (Lipinski definition) is 3. The standard InChI is InChI=1S/C13H28N2O/c1-4-9-15(3)10-5-8-13(2,11-16)14-12-6-7-12/h12,14,16H,4-11H2,1-3H3. The number of hydrogen-bond donors (Lipinski definition) is 2. The minimum Gasteiger partial charge on any atom is -0.394 e. The molecule has 16 heavy (non-hydrogen) atoms. The third-order valence-electron chi connectivity index (χ3n) is 3.35. The van der Waals surface area contributed by atoms with Crippen LogP contribution in [-0.2, 0) is 0 Å². The van der Waals surface area contributed by atoms with Gasteiger partial charge in [-0.25, -0.2) is 0 Å². The highest BCUT2D eigenvalue weighted by Crippen LogP contribution is 2.24. The molecule has 0 aromatic heterocycles. The van der Waals surface area contributed by atoms with E-state index in [0.717, 1.165) is 19.4 Å². The third kappa shape index (κ3) is 5.28. The van der Waals surface area contributed by atoms with E-state index < -0.39 is 0 Å². The quantitative estimate of drug-likeness (QED) is 0.629. The zero-order chi connectivity index (χ0) is 12.0. The van der Waals surface area contributed by atoms with Gasteiger partial charge in [0, 0.05) is 11.6 Å². The summed E-state index contributed by atoms with van der Waals surface area (Å²) in [5.41, 5.74) is -0.0613. The van der Waals surface area contributed by atoms with Crippen molar-refractivity contribution in [2.75, 3.05) is 26.7 Å². The molecule has 0 radical (unpaired) electrons. The zero-order valence-corrected chi connectivity index (χ0v) is 11.1. The van der Waals surface area contributed by atoms with Crippen molar-refractivity contribution in [2.24, 2.45) is 0 Å². The van der Waals surface area contributed by atoms with Crippen molar-refractivity contribution < 1.29 is 5.11 Å². The minimum atomic E-state index is -0.0613. The molecule has 3 heteroatoms. The van der Waals surface area contributed by atoms with Gasteiger partial charge in [0.1, 0.15) is 0 Å². The topological polar surface area (TPSA) is 35.5 Å². The van der Waals surface area contributed by atoms with E-state index in [9.17, 15) is 5.11 Å². The van der Waals surface area contributed by atoms with Gasteiger partial charge in [0.15, 0.2) is 0 Å². The van der Waals surface area contributed by atoms with Gasteiger partial charge in [-0.1, -0.05) is 6.92 Å². The molecule has 1 fully saturated rings. The normalized spacial score (nSPS) is 20.1. The van der Waals surface area contributed by atoms with Gasteiger partial charge in [0.2, 0.25) is 0 Å². The van der Waals surface area contributed by atoms with Crippen LogP contribution in [0, 0.1) is 0 Å². The van der Waals surface area contributed by atoms with Crippen molar-refractivity contribution in [3.05, 3.63) is 0 Å². The van der Waals surface area contributed by atoms with Gasteiger partial charge >= 0.3 is 0 Å². The molecule has 1 unspecified atom stereocenters. The van der Waals surface area contributed by atoms with E-state index in [1.807, 2.05) is 0 Å². The molecule has 1 rings (SSSR count). The van der Waals surface area contributed by atoms with Gasteiger partial charge in [-0.3, -0.25) is 0 Å². The van der Waals surface area contributed by atoms with Crippen LogP contribution < -0.4 is 5.32 Å². The van der Waals surface area contributed by atoms with Crippen LogP contribution in [0.5, 0.6) is 0 Å². The summed E-state index contributed by atoms with van der Waals surface area (Å²) in [6.07, 6.45) is 6.01. The van der Waals surface area contributed by atoms with Crippen LogP contribution in [0.3, 0.4) is 0 Å². The molecule has 0 spiro atoms. The van der Waals surface area contributed by atoms with Crippen LogP contribution in [0.15, 0.2) is 0 Å². The monoisotopic (exact) mass is 228 g/mol. The summed E-state index contributed by atoms with van der Waals surface area (Å²) in [5, 5.41) is 13.0. The molecule has 0 aromatic carbocycles. The first-order valence-electron chi connectivity index (χ1n) is 6.67. The minimum absolute atomic E-state index is 0.0613. The Morgan fingerprint density at radius 1 is 1.38 bits per heavy atom. The molecule has 0 aliphatic heterocycles. The van der Waals surface area contributed by atoms with Crippen molar-refractivity contribution in [2.45, 2.75) is 57.5 Å². The highest BCUT2D eigenvalue weighted by molar-refractivity contribution is 4.92. The van der Waals surface area contributed by atoms with Crippen LogP contribution >= 0.6 is 0 Å². The van der Waals surface area contributed by atoms with Crippen molar-refractivity contribution in [1.29, 1.82) is 0 Å². The highest BCUT2D eigenvalue weighted by atomic mass is 16.3. The van der Waals surface area contributed by atoms with Gasteiger partial charge in [0.25, 0.3) is 0 Å². The molecule has 3 nitrogen and oxygen atoms in total. The number of aliphatic hydroxyl groups is 1. The Morgan fingerprint density at radius 3 is 2.56 bits per heavy atom. The number of rotatable bonds is 9. The summed E-state index contributed by atoms with van der Waals surface area (Å²) in [7, 11) is 2.17. The predicted octanol–water partition coefficient (Wildman–Crippen LogP) is 1.61. The van der Waals surface area contributed by atoms with E-state index in [1.54, 1.807) is 0 Å². The fraction of sp³-hybridized carbons (Fsp3) is 1.00. The molecule has 0 aromatic rings. The van der Waals surface area contributed by atoms with Crippen LogP contribution in [0.4, 0.5) is 0 Å². The summed E-state index contributed by atoms with van der Waals surface area (Å²) >= 11 is 0. The summed E-state index contributed by atoms with van der Waals surface area (Å²) < 4.78 is 0. The maximum Gasteiger partial charge on any atom is 0.0610 e. The molecule has 0 amide bonds. The predicted molar refractivity (Wildman–Crippen MR) is 68.7 cm³/mol. The Bertz CT molecular complexity index is 194. The lowest BCUT2D eigenvalue weighted by Gasteiger charge is -2.30. The highest BCUT2D eigenvalue weighted by Gasteiger charge is 2.31. The van der Waals surface area contributed by atoms with Crippen molar-refractivity contribution in [3.8, 4) is 0 Å². The van der Waals surface area contributed by atoms with E-state index in [2.05, 4.69) is 31.1 Å². The molecule has 0 saturated heterocycles. The Morgan fingerprint density at radius 2 is 2.06 bits per heavy atom. The molecule has 96 valence electrons. The molecular formula is C13H28N2O. The zero-order valence-electron chi connectivity index (χ0n) is 11.1. The number of nitrogens with zero attached hydrogens (tertiary/aromatic N) is 1. The van der Waals surface area contributed by atoms with Crippen LogP contribution in [0.2, 0.25) is 0 Å². The Balaban J connectivity index is 2.16. The fourth-order valence-corrected chi connectivity index (χ4v) is 2.15. The van der Waals surface area contributed by atoms with E-state index in [-0.39, 0.29) is 12.1 Å². The molecule has 1 aliphatic rings. The van der Waals surface area contributed by atoms with E-state index in [0.29, 0.717) is 6.04 Å². The molecule has 2 N–H and O–H groups in total. The lowest BCUT2D eigenvalue weighted by atomic mass is 9.96. The summed E-state index contributed by atoms with van der Waals surface area (Å²) in [5.74, 6) is 0. The largest absolute Gasteiger partial charge is 0.394 e. The van der Waals surface area contributed by atoms with Gasteiger partial charge in [-0.05, 0) is 59.2 Å². The smallest absolute Gasteiger partial charge is 0.0610 e. The van der Waals surface area contributed by atoms with E-state index in [4.69, 9.17) is 0 Å². The lowest BCUT2D eigenvalue weighted by Crippen LogP contribution is -2.47.